The molecule has 0 saturated heterocycles. The molecule has 124 valence electrons. The second kappa shape index (κ2) is 6.13. The van der Waals surface area contributed by atoms with Crippen LogP contribution in [0.4, 0.5) is 10.5 Å². The molecule has 0 saturated carbocycles. The van der Waals surface area contributed by atoms with Gasteiger partial charge in [0.15, 0.2) is 9.84 Å². The number of carbonyl (C=O) groups excluding carboxylic acids is 1. The molecule has 0 aliphatic heterocycles. The fourth-order valence-electron chi connectivity index (χ4n) is 2.00. The molecule has 0 spiro atoms. The van der Waals surface area contributed by atoms with Crippen molar-refractivity contribution in [3.8, 4) is 0 Å². The number of rotatable bonds is 2. The molecule has 0 aliphatic carbocycles. The van der Waals surface area contributed by atoms with E-state index >= 15 is 0 Å². The lowest BCUT2D eigenvalue weighted by atomic mass is 10.1. The van der Waals surface area contributed by atoms with E-state index in [4.69, 9.17) is 4.74 Å². The van der Waals surface area contributed by atoms with Crippen LogP contribution in [0.1, 0.15) is 20.8 Å². The van der Waals surface area contributed by atoms with E-state index in [2.05, 4.69) is 21.2 Å². The van der Waals surface area contributed by atoms with Crippen molar-refractivity contribution in [3.05, 3.63) is 34.8 Å². The molecule has 1 N–H and O–H groups in total. The van der Waals surface area contributed by atoms with Crippen LogP contribution >= 0.6 is 15.9 Å². The zero-order valence-corrected chi connectivity index (χ0v) is 15.7. The van der Waals surface area contributed by atoms with E-state index in [1.54, 1.807) is 51.1 Å². The van der Waals surface area contributed by atoms with Crippen LogP contribution in [0.15, 0.2) is 39.7 Å². The fraction of sp³-hybridized carbons (Fsp3) is 0.312. The molecule has 0 atom stereocenters. The number of hydrogen-bond acceptors (Lipinski definition) is 4. The van der Waals surface area contributed by atoms with E-state index in [0.29, 0.717) is 15.5 Å². The molecule has 2 rings (SSSR count). The van der Waals surface area contributed by atoms with Crippen molar-refractivity contribution in [2.45, 2.75) is 31.3 Å². The number of benzene rings is 2. The third kappa shape index (κ3) is 4.45. The quantitative estimate of drug-likeness (QED) is 0.814. The second-order valence-corrected chi connectivity index (χ2v) is 9.02. The van der Waals surface area contributed by atoms with Crippen molar-refractivity contribution in [2.75, 3.05) is 11.6 Å². The normalized spacial score (nSPS) is 12.2. The summed E-state index contributed by atoms with van der Waals surface area (Å²) in [5.41, 5.74) is -0.0888. The second-order valence-electron chi connectivity index (χ2n) is 6.21. The van der Waals surface area contributed by atoms with Crippen LogP contribution in [0, 0.1) is 0 Å². The maximum absolute atomic E-state index is 11.9. The Hall–Kier alpha value is -1.60. The average molecular weight is 400 g/mol. The van der Waals surface area contributed by atoms with Gasteiger partial charge < -0.3 is 4.74 Å². The summed E-state index contributed by atoms with van der Waals surface area (Å²) in [6.07, 6.45) is 0.585. The highest BCUT2D eigenvalue weighted by atomic mass is 79.9. The third-order valence-corrected chi connectivity index (χ3v) is 4.96. The molecule has 0 fully saturated rings. The Morgan fingerprint density at radius 2 is 1.78 bits per heavy atom. The number of hydrogen-bond donors (Lipinski definition) is 1. The minimum Gasteiger partial charge on any atom is -0.444 e. The van der Waals surface area contributed by atoms with E-state index in [1.165, 1.54) is 0 Å². The van der Waals surface area contributed by atoms with Gasteiger partial charge in [0.05, 0.1) is 10.6 Å². The summed E-state index contributed by atoms with van der Waals surface area (Å²) in [7, 11) is -3.30. The van der Waals surface area contributed by atoms with Crippen molar-refractivity contribution in [1.29, 1.82) is 0 Å². The predicted molar refractivity (Wildman–Crippen MR) is 94.6 cm³/mol. The van der Waals surface area contributed by atoms with Crippen molar-refractivity contribution in [1.82, 2.24) is 0 Å². The van der Waals surface area contributed by atoms with Gasteiger partial charge in [0.1, 0.15) is 5.60 Å². The number of anilines is 1. The van der Waals surface area contributed by atoms with Crippen LogP contribution in [-0.4, -0.2) is 26.4 Å². The maximum Gasteiger partial charge on any atom is 0.412 e. The van der Waals surface area contributed by atoms with Crippen molar-refractivity contribution in [2.24, 2.45) is 0 Å². The SMILES string of the molecule is CC(C)(C)OC(=O)Nc1ccc2ccc(S(C)(=O)=O)cc2c1Br. The van der Waals surface area contributed by atoms with E-state index in [9.17, 15) is 13.2 Å². The third-order valence-electron chi connectivity index (χ3n) is 2.99. The first-order chi connectivity index (χ1) is 10.5. The molecule has 0 aliphatic rings. The van der Waals surface area contributed by atoms with Gasteiger partial charge >= 0.3 is 6.09 Å². The number of nitrogens with one attached hydrogen (secondary N) is 1. The van der Waals surface area contributed by atoms with Crippen LogP contribution < -0.4 is 5.32 Å². The van der Waals surface area contributed by atoms with E-state index in [1.807, 2.05) is 0 Å². The molecular formula is C16H18BrNO4S. The van der Waals surface area contributed by atoms with Gasteiger partial charge in [-0.25, -0.2) is 13.2 Å². The average Bonchev–Trinajstić information content (AvgIpc) is 2.38. The van der Waals surface area contributed by atoms with E-state index in [0.717, 1.165) is 11.6 Å². The first-order valence-electron chi connectivity index (χ1n) is 6.90. The van der Waals surface area contributed by atoms with E-state index in [-0.39, 0.29) is 4.90 Å². The molecule has 1 amide bonds. The van der Waals surface area contributed by atoms with Crippen molar-refractivity contribution < 1.29 is 17.9 Å². The molecular weight excluding hydrogens is 382 g/mol. The maximum atomic E-state index is 11.9. The topological polar surface area (TPSA) is 72.5 Å². The molecule has 7 heteroatoms. The van der Waals surface area contributed by atoms with Crippen LogP contribution in [0.2, 0.25) is 0 Å². The molecule has 5 nitrogen and oxygen atoms in total. The van der Waals surface area contributed by atoms with Gasteiger partial charge in [0.2, 0.25) is 0 Å². The number of amides is 1. The molecule has 0 bridgehead atoms. The largest absolute Gasteiger partial charge is 0.444 e. The Kier molecular flexibility index (Phi) is 4.73. The van der Waals surface area contributed by atoms with Gasteiger partial charge in [0, 0.05) is 10.7 Å². The van der Waals surface area contributed by atoms with Crippen LogP contribution in [-0.2, 0) is 14.6 Å². The number of carbonyl (C=O) groups is 1. The first-order valence-corrected chi connectivity index (χ1v) is 9.58. The molecule has 2 aromatic rings. The summed E-state index contributed by atoms with van der Waals surface area (Å²) in [5, 5.41) is 4.22. The number of sulfone groups is 1. The van der Waals surface area contributed by atoms with Gasteiger partial charge in [-0.2, -0.15) is 0 Å². The van der Waals surface area contributed by atoms with Gasteiger partial charge in [-0.05, 0) is 65.7 Å². The molecule has 0 radical (unpaired) electrons. The Bertz CT molecular complexity index is 870. The van der Waals surface area contributed by atoms with Crippen LogP contribution in [0.3, 0.4) is 0 Å². The highest BCUT2D eigenvalue weighted by Gasteiger charge is 2.18. The molecule has 0 unspecified atom stereocenters. The number of halogens is 1. The Morgan fingerprint density at radius 3 is 2.35 bits per heavy atom. The van der Waals surface area contributed by atoms with Crippen molar-refractivity contribution in [3.63, 3.8) is 0 Å². The van der Waals surface area contributed by atoms with Gasteiger partial charge in [-0.3, -0.25) is 5.32 Å². The van der Waals surface area contributed by atoms with Gasteiger partial charge in [-0.15, -0.1) is 0 Å². The summed E-state index contributed by atoms with van der Waals surface area (Å²) < 4.78 is 29.2. The number of fused-ring (bicyclic) bond motifs is 1. The smallest absolute Gasteiger partial charge is 0.412 e. The summed E-state index contributed by atoms with van der Waals surface area (Å²) in [4.78, 5) is 12.1. The van der Waals surface area contributed by atoms with Gasteiger partial charge in [-0.1, -0.05) is 12.1 Å². The lowest BCUT2D eigenvalue weighted by Gasteiger charge is -2.20. The van der Waals surface area contributed by atoms with E-state index < -0.39 is 21.5 Å². The predicted octanol–water partition coefficient (Wildman–Crippen LogP) is 4.35. The van der Waals surface area contributed by atoms with Crippen LogP contribution in [0.25, 0.3) is 10.8 Å². The Balaban J connectivity index is 2.43. The lowest BCUT2D eigenvalue weighted by Crippen LogP contribution is -2.27. The van der Waals surface area contributed by atoms with Crippen molar-refractivity contribution >= 4 is 48.3 Å². The van der Waals surface area contributed by atoms with Gasteiger partial charge in [0.25, 0.3) is 0 Å². The molecule has 0 heterocycles. The monoisotopic (exact) mass is 399 g/mol. The standard InChI is InChI=1S/C16H18BrNO4S/c1-16(2,3)22-15(19)18-13-8-6-10-5-7-11(23(4,20)21)9-12(10)14(13)17/h5-9H,1-4H3,(H,18,19). The highest BCUT2D eigenvalue weighted by Crippen LogP contribution is 2.33. The summed E-state index contributed by atoms with van der Waals surface area (Å²) in [6, 6.07) is 8.41. The Labute approximate surface area is 144 Å². The lowest BCUT2D eigenvalue weighted by molar-refractivity contribution is 0.0636. The highest BCUT2D eigenvalue weighted by molar-refractivity contribution is 9.10. The fourth-order valence-corrected chi connectivity index (χ4v) is 3.22. The summed E-state index contributed by atoms with van der Waals surface area (Å²) in [5.74, 6) is 0. The first kappa shape index (κ1) is 17.7. The summed E-state index contributed by atoms with van der Waals surface area (Å²) in [6.45, 7) is 5.33. The molecule has 23 heavy (non-hydrogen) atoms. The molecule has 0 aromatic heterocycles. The minimum absolute atomic E-state index is 0.222. The zero-order chi connectivity index (χ0) is 17.4. The molecule has 2 aromatic carbocycles. The van der Waals surface area contributed by atoms with Crippen LogP contribution in [0.5, 0.6) is 0 Å². The minimum atomic E-state index is -3.30. The number of ether oxygens (including phenoxy) is 1. The summed E-state index contributed by atoms with van der Waals surface area (Å²) >= 11 is 3.43. The Morgan fingerprint density at radius 1 is 1.17 bits per heavy atom. The zero-order valence-electron chi connectivity index (χ0n) is 13.3.